The molecule has 1 aliphatic carbocycles. The highest BCUT2D eigenvalue weighted by Crippen LogP contribution is 2.34. The van der Waals surface area contributed by atoms with Gasteiger partial charge in [0.15, 0.2) is 0 Å². The Kier molecular flexibility index (Phi) is 3.22. The monoisotopic (exact) mass is 219 g/mol. The molecular weight excluding hydrogens is 202 g/mol. The van der Waals surface area contributed by atoms with E-state index in [2.05, 4.69) is 11.1 Å². The molecule has 0 aliphatic heterocycles. The van der Waals surface area contributed by atoms with Gasteiger partial charge in [-0.1, -0.05) is 6.07 Å². The maximum Gasteiger partial charge on any atom is 0.306 e. The van der Waals surface area contributed by atoms with Crippen molar-refractivity contribution in [3.8, 4) is 0 Å². The number of hydrogen-bond acceptors (Lipinski definition) is 3. The molecule has 1 heterocycles. The van der Waals surface area contributed by atoms with Gasteiger partial charge in [-0.3, -0.25) is 9.78 Å². The summed E-state index contributed by atoms with van der Waals surface area (Å²) in [5, 5.41) is 0. The summed E-state index contributed by atoms with van der Waals surface area (Å²) in [7, 11) is 0. The van der Waals surface area contributed by atoms with Crippen LogP contribution in [0.1, 0.15) is 42.5 Å². The van der Waals surface area contributed by atoms with Gasteiger partial charge in [-0.05, 0) is 37.8 Å². The fourth-order valence-electron chi connectivity index (χ4n) is 2.29. The van der Waals surface area contributed by atoms with Gasteiger partial charge in [0.05, 0.1) is 13.0 Å². The van der Waals surface area contributed by atoms with Crippen LogP contribution < -0.4 is 0 Å². The van der Waals surface area contributed by atoms with Gasteiger partial charge >= 0.3 is 5.97 Å². The topological polar surface area (TPSA) is 39.2 Å². The molecule has 1 atom stereocenters. The number of aryl methyl sites for hydroxylation is 2. The number of fused-ring (bicyclic) bond motifs is 1. The number of carbonyl (C=O) groups is 1. The van der Waals surface area contributed by atoms with Crippen molar-refractivity contribution >= 4 is 5.97 Å². The van der Waals surface area contributed by atoms with E-state index < -0.39 is 0 Å². The summed E-state index contributed by atoms with van der Waals surface area (Å²) in [6.45, 7) is 4.34. The van der Waals surface area contributed by atoms with Crippen LogP contribution in [0.25, 0.3) is 0 Å². The van der Waals surface area contributed by atoms with Crippen molar-refractivity contribution in [2.75, 3.05) is 6.61 Å². The summed E-state index contributed by atoms with van der Waals surface area (Å²) < 4.78 is 4.98. The molecule has 3 nitrogen and oxygen atoms in total. The molecule has 2 rings (SSSR count). The highest BCUT2D eigenvalue weighted by molar-refractivity contribution is 5.70. The number of esters is 1. The maximum absolute atomic E-state index is 11.4. The number of carbonyl (C=O) groups excluding carboxylic acids is 1. The Hall–Kier alpha value is -1.38. The first kappa shape index (κ1) is 11.1. The fourth-order valence-corrected chi connectivity index (χ4v) is 2.29. The zero-order chi connectivity index (χ0) is 11.5. The van der Waals surface area contributed by atoms with Crippen LogP contribution in [0.2, 0.25) is 0 Å². The first-order valence-corrected chi connectivity index (χ1v) is 5.81. The van der Waals surface area contributed by atoms with Crippen LogP contribution >= 0.6 is 0 Å². The van der Waals surface area contributed by atoms with E-state index in [1.807, 2.05) is 20.0 Å². The Morgan fingerprint density at radius 3 is 3.19 bits per heavy atom. The Balaban J connectivity index is 2.09. The zero-order valence-corrected chi connectivity index (χ0v) is 9.82. The molecule has 0 fully saturated rings. The van der Waals surface area contributed by atoms with Crippen LogP contribution in [0.5, 0.6) is 0 Å². The van der Waals surface area contributed by atoms with E-state index in [9.17, 15) is 4.79 Å². The van der Waals surface area contributed by atoms with E-state index in [-0.39, 0.29) is 11.9 Å². The molecule has 1 aliphatic rings. The Morgan fingerprint density at radius 1 is 1.62 bits per heavy atom. The largest absolute Gasteiger partial charge is 0.466 e. The van der Waals surface area contributed by atoms with E-state index in [0.29, 0.717) is 13.0 Å². The highest BCUT2D eigenvalue weighted by atomic mass is 16.5. The van der Waals surface area contributed by atoms with Crippen molar-refractivity contribution < 1.29 is 9.53 Å². The highest BCUT2D eigenvalue weighted by Gasteiger charge is 2.26. The fraction of sp³-hybridized carbons (Fsp3) is 0.538. The van der Waals surface area contributed by atoms with Gasteiger partial charge in [-0.25, -0.2) is 0 Å². The minimum absolute atomic E-state index is 0.109. The van der Waals surface area contributed by atoms with Crippen molar-refractivity contribution in [3.63, 3.8) is 0 Å². The second-order valence-electron chi connectivity index (χ2n) is 4.30. The molecule has 0 aromatic carbocycles. The molecule has 1 aromatic rings. The number of rotatable bonds is 3. The van der Waals surface area contributed by atoms with Gasteiger partial charge in [0, 0.05) is 17.8 Å². The number of hydrogen-bond donors (Lipinski definition) is 0. The third-order valence-corrected chi connectivity index (χ3v) is 3.01. The maximum atomic E-state index is 11.4. The van der Waals surface area contributed by atoms with E-state index in [4.69, 9.17) is 4.74 Å². The van der Waals surface area contributed by atoms with Crippen molar-refractivity contribution in [3.05, 3.63) is 29.1 Å². The lowest BCUT2D eigenvalue weighted by atomic mass is 10.0. The molecule has 0 amide bonds. The molecule has 3 heteroatoms. The average Bonchev–Trinajstić information content (AvgIpc) is 2.61. The Bertz CT molecular complexity index is 401. The van der Waals surface area contributed by atoms with Crippen LogP contribution in [-0.4, -0.2) is 17.6 Å². The molecule has 1 aromatic heterocycles. The quantitative estimate of drug-likeness (QED) is 0.733. The molecule has 0 N–H and O–H groups in total. The minimum atomic E-state index is -0.109. The van der Waals surface area contributed by atoms with Gasteiger partial charge in [-0.15, -0.1) is 0 Å². The lowest BCUT2D eigenvalue weighted by Gasteiger charge is -2.09. The number of pyridine rings is 1. The molecule has 0 radical (unpaired) electrons. The lowest BCUT2D eigenvalue weighted by molar-refractivity contribution is -0.143. The molecular formula is C13H17NO2. The van der Waals surface area contributed by atoms with Gasteiger partial charge < -0.3 is 4.74 Å². The number of nitrogens with zero attached hydrogens (tertiary/aromatic N) is 1. The summed E-state index contributed by atoms with van der Waals surface area (Å²) in [6, 6.07) is 2.17. The second-order valence-corrected chi connectivity index (χ2v) is 4.30. The smallest absolute Gasteiger partial charge is 0.306 e. The predicted molar refractivity (Wildman–Crippen MR) is 61.3 cm³/mol. The third kappa shape index (κ3) is 2.23. The van der Waals surface area contributed by atoms with Crippen molar-refractivity contribution in [1.82, 2.24) is 4.98 Å². The summed E-state index contributed by atoms with van der Waals surface area (Å²) in [6.07, 6.45) is 4.40. The first-order valence-electron chi connectivity index (χ1n) is 5.81. The normalized spacial score (nSPS) is 18.2. The van der Waals surface area contributed by atoms with E-state index in [1.54, 1.807) is 0 Å². The van der Waals surface area contributed by atoms with Crippen LogP contribution in [0.15, 0.2) is 12.3 Å². The number of ether oxygens (including phenoxy) is 1. The third-order valence-electron chi connectivity index (χ3n) is 3.01. The molecule has 0 spiro atoms. The molecule has 0 saturated heterocycles. The molecule has 16 heavy (non-hydrogen) atoms. The summed E-state index contributed by atoms with van der Waals surface area (Å²) in [4.78, 5) is 15.9. The van der Waals surface area contributed by atoms with Crippen molar-refractivity contribution in [2.45, 2.75) is 39.0 Å². The average molecular weight is 219 g/mol. The minimum Gasteiger partial charge on any atom is -0.466 e. The lowest BCUT2D eigenvalue weighted by Crippen LogP contribution is -2.09. The van der Waals surface area contributed by atoms with Gasteiger partial charge in [-0.2, -0.15) is 0 Å². The number of aromatic nitrogens is 1. The SMILES string of the molecule is CCOC(=O)CC1CCc2cc(C)cnc21. The van der Waals surface area contributed by atoms with Crippen LogP contribution in [0.4, 0.5) is 0 Å². The zero-order valence-electron chi connectivity index (χ0n) is 9.82. The standard InChI is InChI=1S/C13H17NO2/c1-3-16-12(15)7-11-5-4-10-6-9(2)8-14-13(10)11/h6,8,11H,3-5,7H2,1-2H3. The van der Waals surface area contributed by atoms with E-state index in [0.717, 1.165) is 18.5 Å². The predicted octanol–water partition coefficient (Wildman–Crippen LogP) is 2.37. The molecule has 0 bridgehead atoms. The Labute approximate surface area is 95.8 Å². The van der Waals surface area contributed by atoms with Crippen LogP contribution in [0, 0.1) is 6.92 Å². The Morgan fingerprint density at radius 2 is 2.44 bits per heavy atom. The summed E-state index contributed by atoms with van der Waals surface area (Å²) >= 11 is 0. The molecule has 1 unspecified atom stereocenters. The van der Waals surface area contributed by atoms with Crippen LogP contribution in [0.3, 0.4) is 0 Å². The van der Waals surface area contributed by atoms with Gasteiger partial charge in [0.25, 0.3) is 0 Å². The first-order chi connectivity index (χ1) is 7.70. The second kappa shape index (κ2) is 4.64. The van der Waals surface area contributed by atoms with Crippen molar-refractivity contribution in [1.29, 1.82) is 0 Å². The molecule has 0 saturated carbocycles. The van der Waals surface area contributed by atoms with E-state index >= 15 is 0 Å². The molecule has 86 valence electrons. The van der Waals surface area contributed by atoms with Crippen molar-refractivity contribution in [2.24, 2.45) is 0 Å². The van der Waals surface area contributed by atoms with Gasteiger partial charge in [0.2, 0.25) is 0 Å². The van der Waals surface area contributed by atoms with Gasteiger partial charge in [0.1, 0.15) is 0 Å². The summed E-state index contributed by atoms with van der Waals surface area (Å²) in [5.41, 5.74) is 3.59. The van der Waals surface area contributed by atoms with E-state index in [1.165, 1.54) is 11.1 Å². The van der Waals surface area contributed by atoms with Crippen LogP contribution in [-0.2, 0) is 16.0 Å². The summed E-state index contributed by atoms with van der Waals surface area (Å²) in [5.74, 6) is 0.150.